The molecule has 1 aliphatic rings. The van der Waals surface area contributed by atoms with Gasteiger partial charge in [0.05, 0.1) is 11.3 Å². The first kappa shape index (κ1) is 19.8. The van der Waals surface area contributed by atoms with Crippen molar-refractivity contribution >= 4 is 39.3 Å². The number of carbonyl (C=O) groups excluding carboxylic acids is 1. The number of benzene rings is 2. The molecule has 0 unspecified atom stereocenters. The van der Waals surface area contributed by atoms with Gasteiger partial charge in [-0.25, -0.2) is 4.98 Å². The summed E-state index contributed by atoms with van der Waals surface area (Å²) in [6.45, 7) is 3.07. The van der Waals surface area contributed by atoms with Crippen LogP contribution in [0.3, 0.4) is 0 Å². The second-order valence-corrected chi connectivity index (χ2v) is 8.48. The normalized spacial score (nSPS) is 14.2. The zero-order valence-electron chi connectivity index (χ0n) is 15.6. The minimum Gasteiger partial charge on any atom is -0.507 e. The Morgan fingerprint density at radius 2 is 1.90 bits per heavy atom. The summed E-state index contributed by atoms with van der Waals surface area (Å²) < 4.78 is 0.834. The number of halogens is 1. The van der Waals surface area contributed by atoms with Crippen LogP contribution in [-0.4, -0.2) is 63.0 Å². The highest BCUT2D eigenvalue weighted by atomic mass is 79.9. The Kier molecular flexibility index (Phi) is 6.05. The zero-order valence-corrected chi connectivity index (χ0v) is 18.0. The Bertz CT molecular complexity index is 990. The summed E-state index contributed by atoms with van der Waals surface area (Å²) in [7, 11) is 0. The maximum absolute atomic E-state index is 12.6. The molecule has 9 heteroatoms. The summed E-state index contributed by atoms with van der Waals surface area (Å²) in [6, 6.07) is 15.4. The summed E-state index contributed by atoms with van der Waals surface area (Å²) in [4.78, 5) is 21.1. The SMILES string of the molecule is O=C(CSc1n[nH]c(-c2cc(Br)ccc2O)n1)N1CCN(c2ccccc2)CC1. The van der Waals surface area contributed by atoms with Crippen LogP contribution in [0.25, 0.3) is 11.4 Å². The number of anilines is 1. The monoisotopic (exact) mass is 473 g/mol. The summed E-state index contributed by atoms with van der Waals surface area (Å²) in [6.07, 6.45) is 0. The lowest BCUT2D eigenvalue weighted by Crippen LogP contribution is -2.49. The zero-order chi connectivity index (χ0) is 20.2. The van der Waals surface area contributed by atoms with E-state index < -0.39 is 0 Å². The molecule has 2 N–H and O–H groups in total. The van der Waals surface area contributed by atoms with Crippen molar-refractivity contribution in [3.8, 4) is 17.1 Å². The Labute approximate surface area is 181 Å². The molecule has 1 fully saturated rings. The largest absolute Gasteiger partial charge is 0.507 e. The number of rotatable bonds is 5. The van der Waals surface area contributed by atoms with E-state index >= 15 is 0 Å². The van der Waals surface area contributed by atoms with E-state index in [2.05, 4.69) is 48.1 Å². The molecule has 150 valence electrons. The van der Waals surface area contributed by atoms with Crippen LogP contribution in [0.5, 0.6) is 5.75 Å². The molecule has 3 aromatic rings. The highest BCUT2D eigenvalue weighted by Crippen LogP contribution is 2.30. The number of phenolic OH excluding ortho intramolecular Hbond substituents is 1. The molecule has 0 bridgehead atoms. The van der Waals surface area contributed by atoms with Crippen LogP contribution < -0.4 is 4.90 Å². The molecule has 0 spiro atoms. The fourth-order valence-electron chi connectivity index (χ4n) is 3.20. The summed E-state index contributed by atoms with van der Waals surface area (Å²) >= 11 is 4.67. The Morgan fingerprint density at radius 1 is 1.14 bits per heavy atom. The highest BCUT2D eigenvalue weighted by molar-refractivity contribution is 9.10. The van der Waals surface area contributed by atoms with Crippen LogP contribution in [0.4, 0.5) is 5.69 Å². The number of nitrogens with zero attached hydrogens (tertiary/aromatic N) is 4. The van der Waals surface area contributed by atoms with Gasteiger partial charge in [-0.05, 0) is 30.3 Å². The van der Waals surface area contributed by atoms with E-state index in [0.29, 0.717) is 29.6 Å². The highest BCUT2D eigenvalue weighted by Gasteiger charge is 2.22. The predicted molar refractivity (Wildman–Crippen MR) is 117 cm³/mol. The Hall–Kier alpha value is -2.52. The average Bonchev–Trinajstić information content (AvgIpc) is 3.23. The van der Waals surface area contributed by atoms with Gasteiger partial charge in [0.1, 0.15) is 5.75 Å². The van der Waals surface area contributed by atoms with Crippen LogP contribution in [0.15, 0.2) is 58.2 Å². The number of phenols is 1. The molecule has 1 saturated heterocycles. The van der Waals surface area contributed by atoms with Gasteiger partial charge in [-0.2, -0.15) is 0 Å². The van der Waals surface area contributed by atoms with Gasteiger partial charge in [-0.15, -0.1) is 5.10 Å². The van der Waals surface area contributed by atoms with Gasteiger partial charge in [0, 0.05) is 36.3 Å². The number of nitrogens with one attached hydrogen (secondary N) is 1. The van der Waals surface area contributed by atoms with E-state index in [9.17, 15) is 9.90 Å². The summed E-state index contributed by atoms with van der Waals surface area (Å²) in [5.41, 5.74) is 1.75. The molecule has 4 rings (SSSR count). The third kappa shape index (κ3) is 4.73. The first-order valence-corrected chi connectivity index (χ1v) is 11.0. The maximum atomic E-state index is 12.6. The molecular weight excluding hydrogens is 454 g/mol. The lowest BCUT2D eigenvalue weighted by molar-refractivity contribution is -0.128. The molecule has 0 atom stereocenters. The maximum Gasteiger partial charge on any atom is 0.233 e. The molecule has 2 heterocycles. The number of aromatic amines is 1. The first-order valence-electron chi connectivity index (χ1n) is 9.22. The number of H-pyrrole nitrogens is 1. The van der Waals surface area contributed by atoms with Crippen molar-refractivity contribution in [2.24, 2.45) is 0 Å². The van der Waals surface area contributed by atoms with Gasteiger partial charge in [-0.1, -0.05) is 45.9 Å². The third-order valence-corrected chi connectivity index (χ3v) is 6.08. The lowest BCUT2D eigenvalue weighted by atomic mass is 10.2. The molecule has 1 aromatic heterocycles. The number of amides is 1. The van der Waals surface area contributed by atoms with E-state index in [1.165, 1.54) is 17.4 Å². The number of hydrogen-bond donors (Lipinski definition) is 2. The van der Waals surface area contributed by atoms with Crippen molar-refractivity contribution in [2.75, 3.05) is 36.8 Å². The van der Waals surface area contributed by atoms with Gasteiger partial charge >= 0.3 is 0 Å². The minimum absolute atomic E-state index is 0.0827. The molecule has 2 aromatic carbocycles. The fraction of sp³-hybridized carbons (Fsp3) is 0.250. The van der Waals surface area contributed by atoms with Crippen LogP contribution in [0.1, 0.15) is 0 Å². The lowest BCUT2D eigenvalue weighted by Gasteiger charge is -2.36. The molecule has 29 heavy (non-hydrogen) atoms. The molecule has 0 saturated carbocycles. The number of para-hydroxylation sites is 1. The van der Waals surface area contributed by atoms with Crippen molar-refractivity contribution in [3.63, 3.8) is 0 Å². The topological polar surface area (TPSA) is 85.3 Å². The molecular formula is C20H20BrN5O2S. The second-order valence-electron chi connectivity index (χ2n) is 6.62. The van der Waals surface area contributed by atoms with Crippen molar-refractivity contribution in [2.45, 2.75) is 5.16 Å². The number of carbonyl (C=O) groups is 1. The van der Waals surface area contributed by atoms with Crippen molar-refractivity contribution in [3.05, 3.63) is 53.0 Å². The number of aromatic nitrogens is 3. The summed E-state index contributed by atoms with van der Waals surface area (Å²) in [5, 5.41) is 17.5. The van der Waals surface area contributed by atoms with Gasteiger partial charge in [0.25, 0.3) is 0 Å². The molecule has 1 amide bonds. The Balaban J connectivity index is 1.30. The summed E-state index contributed by atoms with van der Waals surface area (Å²) in [5.74, 6) is 0.954. The van der Waals surface area contributed by atoms with Crippen molar-refractivity contribution in [1.82, 2.24) is 20.1 Å². The number of thioether (sulfide) groups is 1. The van der Waals surface area contributed by atoms with E-state index in [1.807, 2.05) is 23.1 Å². The Morgan fingerprint density at radius 3 is 2.66 bits per heavy atom. The molecule has 1 aliphatic heterocycles. The second kappa shape index (κ2) is 8.87. The van der Waals surface area contributed by atoms with Crippen molar-refractivity contribution in [1.29, 1.82) is 0 Å². The van der Waals surface area contributed by atoms with Gasteiger partial charge in [-0.3, -0.25) is 9.89 Å². The molecule has 7 nitrogen and oxygen atoms in total. The molecule has 0 radical (unpaired) electrons. The van der Waals surface area contributed by atoms with Crippen molar-refractivity contribution < 1.29 is 9.90 Å². The minimum atomic E-state index is 0.0827. The van der Waals surface area contributed by atoms with Gasteiger partial charge < -0.3 is 14.9 Å². The number of piperazine rings is 1. The fourth-order valence-corrected chi connectivity index (χ4v) is 4.26. The first-order chi connectivity index (χ1) is 14.1. The van der Waals surface area contributed by atoms with E-state index in [0.717, 1.165) is 17.6 Å². The quantitative estimate of drug-likeness (QED) is 0.552. The van der Waals surface area contributed by atoms with Crippen LogP contribution >= 0.6 is 27.7 Å². The predicted octanol–water partition coefficient (Wildman–Crippen LogP) is 3.38. The van der Waals surface area contributed by atoms with E-state index in [-0.39, 0.29) is 17.4 Å². The standard InChI is InChI=1S/C20H20BrN5O2S/c21-14-6-7-17(27)16(12-14)19-22-20(24-23-19)29-13-18(28)26-10-8-25(9-11-26)15-4-2-1-3-5-15/h1-7,12,27H,8-11,13H2,(H,22,23,24). The third-order valence-electron chi connectivity index (χ3n) is 4.76. The number of hydrogen-bond acceptors (Lipinski definition) is 6. The van der Waals surface area contributed by atoms with E-state index in [4.69, 9.17) is 0 Å². The molecule has 0 aliphatic carbocycles. The average molecular weight is 474 g/mol. The smallest absolute Gasteiger partial charge is 0.233 e. The van der Waals surface area contributed by atoms with Crippen LogP contribution in [0.2, 0.25) is 0 Å². The van der Waals surface area contributed by atoms with Gasteiger partial charge in [0.2, 0.25) is 11.1 Å². The van der Waals surface area contributed by atoms with Crippen LogP contribution in [-0.2, 0) is 4.79 Å². The van der Waals surface area contributed by atoms with Gasteiger partial charge in [0.15, 0.2) is 5.82 Å². The number of aromatic hydroxyl groups is 1. The van der Waals surface area contributed by atoms with E-state index in [1.54, 1.807) is 18.2 Å². The van der Waals surface area contributed by atoms with Crippen LogP contribution in [0, 0.1) is 0 Å².